The van der Waals surface area contributed by atoms with Crippen LogP contribution in [0.5, 0.6) is 5.75 Å². The molecule has 2 heterocycles. The number of aromatic nitrogens is 1. The lowest BCUT2D eigenvalue weighted by atomic mass is 9.68. The van der Waals surface area contributed by atoms with Crippen molar-refractivity contribution in [3.8, 4) is 5.75 Å². The fourth-order valence-electron chi connectivity index (χ4n) is 6.44. The Kier molecular flexibility index (Phi) is 9.72. The van der Waals surface area contributed by atoms with Crippen LogP contribution in [-0.4, -0.2) is 75.7 Å². The monoisotopic (exact) mass is 598 g/mol. The number of fused-ring (bicyclic) bond motifs is 1. The van der Waals surface area contributed by atoms with Gasteiger partial charge in [0.1, 0.15) is 5.75 Å². The zero-order valence-electron chi connectivity index (χ0n) is 24.3. The molecule has 11 heteroatoms. The number of methoxy groups -OCH3 is 1. The van der Waals surface area contributed by atoms with Crippen molar-refractivity contribution in [2.45, 2.75) is 25.4 Å². The number of aliphatic hydroxyl groups excluding tert-OH is 2. The van der Waals surface area contributed by atoms with Crippen LogP contribution in [0.25, 0.3) is 11.6 Å². The Morgan fingerprint density at radius 2 is 1.89 bits per heavy atom. The predicted molar refractivity (Wildman–Crippen MR) is 165 cm³/mol. The summed E-state index contributed by atoms with van der Waals surface area (Å²) in [6, 6.07) is 18.3. The molecule has 0 unspecified atom stereocenters. The second-order valence-electron chi connectivity index (χ2n) is 11.1. The number of carbonyl (C=O) groups is 2. The molecule has 0 spiro atoms. The Bertz CT molecular complexity index is 1570. The summed E-state index contributed by atoms with van der Waals surface area (Å²) in [6.45, 7) is -0.346. The van der Waals surface area contributed by atoms with Crippen molar-refractivity contribution >= 4 is 41.7 Å². The Balaban J connectivity index is 1.45. The molecule has 1 saturated heterocycles. The van der Waals surface area contributed by atoms with Crippen molar-refractivity contribution in [3.05, 3.63) is 95.3 Å². The number of nitrogens with zero attached hydrogens (tertiary/aromatic N) is 2. The summed E-state index contributed by atoms with van der Waals surface area (Å²) in [5.41, 5.74) is 3.80. The molecular weight excluding hydrogens is 563 g/mol. The highest BCUT2D eigenvalue weighted by Gasteiger charge is 2.55. The van der Waals surface area contributed by atoms with Gasteiger partial charge in [-0.05, 0) is 89.5 Å². The number of rotatable bonds is 11. The number of allylic oxidation sites excluding steroid dienone is 1. The van der Waals surface area contributed by atoms with E-state index in [1.165, 1.54) is 25.3 Å². The molecule has 2 aliphatic rings. The van der Waals surface area contributed by atoms with E-state index in [0.29, 0.717) is 23.3 Å². The van der Waals surface area contributed by atoms with Gasteiger partial charge >= 0.3 is 7.12 Å². The van der Waals surface area contributed by atoms with Gasteiger partial charge in [0.2, 0.25) is 11.8 Å². The lowest BCUT2D eigenvalue weighted by molar-refractivity contribution is -0.123. The van der Waals surface area contributed by atoms with Gasteiger partial charge in [0.15, 0.2) is 0 Å². The maximum atomic E-state index is 13.8. The van der Waals surface area contributed by atoms with Gasteiger partial charge in [-0.3, -0.25) is 19.5 Å². The van der Waals surface area contributed by atoms with E-state index < -0.39 is 49.4 Å². The number of ether oxygens (including phenoxy) is 1. The number of benzene rings is 2. The second kappa shape index (κ2) is 13.7. The molecule has 10 nitrogen and oxygen atoms in total. The SMILES string of the molecule is COCC1=C([C@H](O)CC/C(=C/c2cccc(O)c2)c2ccccn2)[C@H](CO)[C@@H]2C(=O)N(c3cccc(B(O)O)c3)C(=O)[C@@H]2C1. The maximum absolute atomic E-state index is 13.8. The summed E-state index contributed by atoms with van der Waals surface area (Å²) in [7, 11) is -0.266. The number of hydrogen-bond donors (Lipinski definition) is 5. The van der Waals surface area contributed by atoms with Crippen molar-refractivity contribution in [1.29, 1.82) is 0 Å². The van der Waals surface area contributed by atoms with Gasteiger partial charge in [0, 0.05) is 19.2 Å². The number of hydrogen-bond acceptors (Lipinski definition) is 9. The van der Waals surface area contributed by atoms with Gasteiger partial charge in [-0.2, -0.15) is 0 Å². The first kappa shape index (κ1) is 31.3. The summed E-state index contributed by atoms with van der Waals surface area (Å²) in [6.07, 6.45) is 3.32. The minimum Gasteiger partial charge on any atom is -0.508 e. The van der Waals surface area contributed by atoms with E-state index in [0.717, 1.165) is 16.0 Å². The van der Waals surface area contributed by atoms with E-state index in [1.807, 2.05) is 30.3 Å². The molecule has 0 bridgehead atoms. The number of phenols is 1. The third kappa shape index (κ3) is 6.38. The highest BCUT2D eigenvalue weighted by Crippen LogP contribution is 2.47. The molecule has 1 fully saturated rings. The van der Waals surface area contributed by atoms with Gasteiger partial charge in [0.25, 0.3) is 0 Å². The number of imide groups is 1. The van der Waals surface area contributed by atoms with Crippen LogP contribution in [-0.2, 0) is 14.3 Å². The zero-order chi connectivity index (χ0) is 31.4. The third-order valence-corrected chi connectivity index (χ3v) is 8.38. The number of aromatic hydroxyl groups is 1. The van der Waals surface area contributed by atoms with Crippen LogP contribution in [0.1, 0.15) is 30.5 Å². The fraction of sp³-hybridized carbons (Fsp3) is 0.303. The van der Waals surface area contributed by atoms with Gasteiger partial charge in [-0.1, -0.05) is 30.3 Å². The first-order chi connectivity index (χ1) is 21.2. The van der Waals surface area contributed by atoms with Crippen LogP contribution in [0.2, 0.25) is 0 Å². The van der Waals surface area contributed by atoms with Crippen LogP contribution in [0.3, 0.4) is 0 Å². The van der Waals surface area contributed by atoms with Crippen LogP contribution >= 0.6 is 0 Å². The number of carbonyl (C=O) groups excluding carboxylic acids is 2. The van der Waals surface area contributed by atoms with Crippen LogP contribution in [0.4, 0.5) is 5.69 Å². The zero-order valence-corrected chi connectivity index (χ0v) is 24.3. The summed E-state index contributed by atoms with van der Waals surface area (Å²) < 4.78 is 5.44. The second-order valence-corrected chi connectivity index (χ2v) is 11.1. The molecular formula is C33H35BN2O8. The van der Waals surface area contributed by atoms with Crippen LogP contribution in [0, 0.1) is 17.8 Å². The lowest BCUT2D eigenvalue weighted by Crippen LogP contribution is -2.39. The topological polar surface area (TPSA) is 161 Å². The maximum Gasteiger partial charge on any atom is 0.488 e. The summed E-state index contributed by atoms with van der Waals surface area (Å²) >= 11 is 0. The first-order valence-electron chi connectivity index (χ1n) is 14.5. The molecule has 0 saturated carbocycles. The standard InChI is InChI=1S/C33H35BN2O8/c1-44-19-22-16-26-31(33(41)36(32(26)40)24-8-5-7-23(17-24)34(42)43)27(18-37)30(22)29(39)12-11-21(28-10-2-3-13-35-28)14-20-6-4-9-25(38)15-20/h2-10,13-15,17,26-27,29,31,37-39,42-43H,11-12,16,18-19H2,1H3/b21-14-/t26-,27+,29-,31-/m1/s1. The summed E-state index contributed by atoms with van der Waals surface area (Å²) in [5.74, 6) is -3.33. The fourth-order valence-corrected chi connectivity index (χ4v) is 6.44. The molecule has 5 N–H and O–H groups in total. The number of anilines is 1. The largest absolute Gasteiger partial charge is 0.508 e. The van der Waals surface area contributed by atoms with Gasteiger partial charge in [0.05, 0.1) is 42.5 Å². The number of phenolic OH excluding ortho intramolecular Hbond substituents is 1. The van der Waals surface area contributed by atoms with Crippen molar-refractivity contribution in [2.24, 2.45) is 17.8 Å². The molecule has 1 aromatic heterocycles. The van der Waals surface area contributed by atoms with Crippen molar-refractivity contribution in [2.75, 3.05) is 25.2 Å². The van der Waals surface area contributed by atoms with Crippen molar-refractivity contribution < 1.29 is 39.7 Å². The quantitative estimate of drug-likeness (QED) is 0.126. The van der Waals surface area contributed by atoms with E-state index >= 15 is 0 Å². The molecule has 44 heavy (non-hydrogen) atoms. The lowest BCUT2D eigenvalue weighted by Gasteiger charge is -2.36. The van der Waals surface area contributed by atoms with Gasteiger partial charge < -0.3 is 30.1 Å². The molecule has 4 atom stereocenters. The minimum absolute atomic E-state index is 0.117. The van der Waals surface area contributed by atoms with Crippen LogP contribution in [0.15, 0.2) is 84.1 Å². The average molecular weight is 598 g/mol. The number of pyridine rings is 1. The van der Waals surface area contributed by atoms with E-state index in [1.54, 1.807) is 30.5 Å². The number of amides is 2. The van der Waals surface area contributed by atoms with E-state index in [9.17, 15) is 35.0 Å². The Hall–Kier alpha value is -4.13. The van der Waals surface area contributed by atoms with E-state index in [-0.39, 0.29) is 36.3 Å². The molecule has 0 radical (unpaired) electrons. The smallest absolute Gasteiger partial charge is 0.488 e. The molecule has 3 aromatic rings. The van der Waals surface area contributed by atoms with Gasteiger partial charge in [-0.25, -0.2) is 0 Å². The van der Waals surface area contributed by atoms with Crippen molar-refractivity contribution in [1.82, 2.24) is 4.98 Å². The molecule has 228 valence electrons. The van der Waals surface area contributed by atoms with E-state index in [2.05, 4.69) is 4.98 Å². The Morgan fingerprint density at radius 1 is 1.09 bits per heavy atom. The van der Waals surface area contributed by atoms with Crippen molar-refractivity contribution in [3.63, 3.8) is 0 Å². The normalized spacial score (nSPS) is 21.1. The molecule has 2 amide bonds. The highest BCUT2D eigenvalue weighted by atomic mass is 16.5. The predicted octanol–water partition coefficient (Wildman–Crippen LogP) is 1.91. The molecule has 1 aliphatic heterocycles. The highest BCUT2D eigenvalue weighted by molar-refractivity contribution is 6.58. The Morgan fingerprint density at radius 3 is 2.57 bits per heavy atom. The third-order valence-electron chi connectivity index (χ3n) is 8.38. The number of aliphatic hydroxyl groups is 2. The average Bonchev–Trinajstić information content (AvgIpc) is 3.27. The molecule has 2 aromatic carbocycles. The summed E-state index contributed by atoms with van der Waals surface area (Å²) in [5, 5.41) is 51.5. The Labute approximate surface area is 255 Å². The van der Waals surface area contributed by atoms with E-state index in [4.69, 9.17) is 4.74 Å². The van der Waals surface area contributed by atoms with Gasteiger partial charge in [-0.15, -0.1) is 0 Å². The molecule has 5 rings (SSSR count). The van der Waals surface area contributed by atoms with Crippen LogP contribution < -0.4 is 10.4 Å². The minimum atomic E-state index is -1.77. The summed E-state index contributed by atoms with van der Waals surface area (Å²) in [4.78, 5) is 33.0. The molecule has 1 aliphatic carbocycles. The first-order valence-corrected chi connectivity index (χ1v) is 14.5.